The molecular weight excluding hydrogens is 190 g/mol. The molecule has 0 fully saturated rings. The number of nitrogens with zero attached hydrogens (tertiary/aromatic N) is 3. The van der Waals surface area contributed by atoms with Crippen molar-refractivity contribution >= 4 is 0 Å². The lowest BCUT2D eigenvalue weighted by atomic mass is 10.7. The predicted molar refractivity (Wildman–Crippen MR) is 48.1 cm³/mol. The first-order chi connectivity index (χ1) is 6.63. The highest BCUT2D eigenvalue weighted by Gasteiger charge is 2.11. The van der Waals surface area contributed by atoms with Crippen molar-refractivity contribution in [1.82, 2.24) is 13.9 Å². The zero-order valence-corrected chi connectivity index (χ0v) is 7.88. The molecule has 0 aromatic carbocycles. The minimum Gasteiger partial charge on any atom is -0.394 e. The van der Waals surface area contributed by atoms with Gasteiger partial charge in [-0.2, -0.15) is 0 Å². The van der Waals surface area contributed by atoms with Crippen molar-refractivity contribution in [2.75, 3.05) is 13.2 Å². The van der Waals surface area contributed by atoms with Crippen LogP contribution in [0, 0.1) is 0 Å². The number of rotatable bonds is 4. The summed E-state index contributed by atoms with van der Waals surface area (Å²) in [5.74, 6) is 0. The van der Waals surface area contributed by atoms with E-state index < -0.39 is 11.4 Å². The second-order valence-corrected chi connectivity index (χ2v) is 2.82. The number of hydrogen-bond donors (Lipinski definition) is 2. The molecule has 0 radical (unpaired) electrons. The van der Waals surface area contributed by atoms with Gasteiger partial charge < -0.3 is 10.2 Å². The van der Waals surface area contributed by atoms with Crippen LogP contribution in [-0.2, 0) is 20.1 Å². The first-order valence-electron chi connectivity index (χ1n) is 4.21. The summed E-state index contributed by atoms with van der Waals surface area (Å²) in [6.45, 7) is -0.354. The molecule has 0 saturated heterocycles. The van der Waals surface area contributed by atoms with Crippen LogP contribution in [0.1, 0.15) is 0 Å². The van der Waals surface area contributed by atoms with Gasteiger partial charge in [0.05, 0.1) is 26.3 Å². The average Bonchev–Trinajstić information content (AvgIpc) is 2.36. The van der Waals surface area contributed by atoms with Crippen LogP contribution in [-0.4, -0.2) is 37.4 Å². The SMILES string of the molecule is Cn1c(=O)n(CCO)n(CCO)c1=O. The lowest BCUT2D eigenvalue weighted by Gasteiger charge is -2.05. The van der Waals surface area contributed by atoms with E-state index in [1.54, 1.807) is 0 Å². The molecule has 0 bridgehead atoms. The Morgan fingerprint density at radius 1 is 1.00 bits per heavy atom. The first kappa shape index (κ1) is 10.7. The molecule has 14 heavy (non-hydrogen) atoms. The third-order valence-electron chi connectivity index (χ3n) is 1.93. The fourth-order valence-electron chi connectivity index (χ4n) is 1.26. The summed E-state index contributed by atoms with van der Waals surface area (Å²) < 4.78 is 3.16. The van der Waals surface area contributed by atoms with Crippen LogP contribution in [0.2, 0.25) is 0 Å². The minimum absolute atomic E-state index is 0.0505. The predicted octanol–water partition coefficient (Wildman–Crippen LogP) is -2.67. The molecule has 7 nitrogen and oxygen atoms in total. The molecule has 80 valence electrons. The molecular formula is C7H13N3O4. The van der Waals surface area contributed by atoms with Gasteiger partial charge in [0, 0.05) is 7.05 Å². The number of aliphatic hydroxyl groups excluding tert-OH is 2. The first-order valence-corrected chi connectivity index (χ1v) is 4.21. The summed E-state index contributed by atoms with van der Waals surface area (Å²) in [5.41, 5.74) is -0.977. The Labute approximate surface area is 79.4 Å². The third-order valence-corrected chi connectivity index (χ3v) is 1.93. The van der Waals surface area contributed by atoms with Crippen LogP contribution < -0.4 is 11.4 Å². The van der Waals surface area contributed by atoms with Gasteiger partial charge in [0.25, 0.3) is 0 Å². The summed E-state index contributed by atoms with van der Waals surface area (Å²) in [6, 6.07) is 0. The molecule has 1 heterocycles. The van der Waals surface area contributed by atoms with Crippen molar-refractivity contribution < 1.29 is 10.2 Å². The Morgan fingerprint density at radius 3 is 1.64 bits per heavy atom. The molecule has 0 amide bonds. The summed E-state index contributed by atoms with van der Waals surface area (Å²) in [5, 5.41) is 17.4. The highest BCUT2D eigenvalue weighted by molar-refractivity contribution is 4.72. The van der Waals surface area contributed by atoms with E-state index in [4.69, 9.17) is 10.2 Å². The van der Waals surface area contributed by atoms with Gasteiger partial charge in [-0.3, -0.25) is 0 Å². The van der Waals surface area contributed by atoms with Crippen LogP contribution >= 0.6 is 0 Å². The van der Waals surface area contributed by atoms with E-state index in [1.165, 1.54) is 7.05 Å². The van der Waals surface area contributed by atoms with Gasteiger partial charge in [0.2, 0.25) is 0 Å². The molecule has 1 aromatic heterocycles. The van der Waals surface area contributed by atoms with Crippen molar-refractivity contribution in [1.29, 1.82) is 0 Å². The Bertz CT molecular complexity index is 376. The molecule has 0 spiro atoms. The van der Waals surface area contributed by atoms with E-state index in [9.17, 15) is 9.59 Å². The number of aromatic nitrogens is 3. The van der Waals surface area contributed by atoms with E-state index >= 15 is 0 Å². The molecule has 0 aliphatic carbocycles. The van der Waals surface area contributed by atoms with Gasteiger partial charge in [-0.1, -0.05) is 0 Å². The minimum atomic E-state index is -0.488. The van der Waals surface area contributed by atoms with E-state index in [0.717, 1.165) is 13.9 Å². The lowest BCUT2D eigenvalue weighted by Crippen LogP contribution is -2.29. The van der Waals surface area contributed by atoms with Crippen molar-refractivity contribution in [3.8, 4) is 0 Å². The number of hydrogen-bond acceptors (Lipinski definition) is 4. The second-order valence-electron chi connectivity index (χ2n) is 2.82. The smallest absolute Gasteiger partial charge is 0.346 e. The van der Waals surface area contributed by atoms with Crippen LogP contribution in [0.25, 0.3) is 0 Å². The van der Waals surface area contributed by atoms with E-state index in [0.29, 0.717) is 0 Å². The van der Waals surface area contributed by atoms with Gasteiger partial charge in [0.1, 0.15) is 0 Å². The average molecular weight is 203 g/mol. The zero-order chi connectivity index (χ0) is 10.7. The van der Waals surface area contributed by atoms with Gasteiger partial charge in [-0.05, 0) is 0 Å². The monoisotopic (exact) mass is 203 g/mol. The van der Waals surface area contributed by atoms with Gasteiger partial charge >= 0.3 is 11.4 Å². The van der Waals surface area contributed by atoms with E-state index in [-0.39, 0.29) is 26.3 Å². The Morgan fingerprint density at radius 2 is 1.36 bits per heavy atom. The Hall–Kier alpha value is -1.34. The quantitative estimate of drug-likeness (QED) is 0.558. The van der Waals surface area contributed by atoms with Crippen LogP contribution in [0.4, 0.5) is 0 Å². The molecule has 0 aliphatic heterocycles. The summed E-state index contributed by atoms with van der Waals surface area (Å²) in [4.78, 5) is 22.8. The van der Waals surface area contributed by atoms with Crippen LogP contribution in [0.3, 0.4) is 0 Å². The molecule has 7 heteroatoms. The van der Waals surface area contributed by atoms with Gasteiger partial charge in [0.15, 0.2) is 0 Å². The van der Waals surface area contributed by atoms with Gasteiger partial charge in [-0.25, -0.2) is 23.5 Å². The standard InChI is InChI=1S/C7H13N3O4/c1-8-6(13)9(2-4-11)10(3-5-12)7(8)14/h11-12H,2-5H2,1H3. The van der Waals surface area contributed by atoms with Crippen LogP contribution in [0.15, 0.2) is 9.59 Å². The Balaban J connectivity index is 3.30. The van der Waals surface area contributed by atoms with E-state index in [2.05, 4.69) is 0 Å². The largest absolute Gasteiger partial charge is 0.394 e. The maximum absolute atomic E-state index is 11.4. The van der Waals surface area contributed by atoms with E-state index in [1.807, 2.05) is 0 Å². The molecule has 0 aliphatic rings. The molecule has 1 aromatic rings. The molecule has 2 N–H and O–H groups in total. The fourth-order valence-corrected chi connectivity index (χ4v) is 1.26. The second kappa shape index (κ2) is 4.25. The van der Waals surface area contributed by atoms with Crippen molar-refractivity contribution in [2.45, 2.75) is 13.1 Å². The number of aliphatic hydroxyl groups is 2. The van der Waals surface area contributed by atoms with Crippen molar-refractivity contribution in [2.24, 2.45) is 7.05 Å². The molecule has 0 saturated carbocycles. The van der Waals surface area contributed by atoms with Crippen molar-refractivity contribution in [3.05, 3.63) is 21.0 Å². The summed E-state index contributed by atoms with van der Waals surface area (Å²) in [6.07, 6.45) is 0. The maximum Gasteiger partial charge on any atom is 0.346 e. The zero-order valence-electron chi connectivity index (χ0n) is 7.88. The topological polar surface area (TPSA) is 89.4 Å². The Kier molecular flexibility index (Phi) is 3.26. The van der Waals surface area contributed by atoms with Crippen molar-refractivity contribution in [3.63, 3.8) is 0 Å². The van der Waals surface area contributed by atoms with Crippen LogP contribution in [0.5, 0.6) is 0 Å². The highest BCUT2D eigenvalue weighted by atomic mass is 16.3. The molecule has 0 unspecified atom stereocenters. The van der Waals surface area contributed by atoms with Gasteiger partial charge in [-0.15, -0.1) is 0 Å². The lowest BCUT2D eigenvalue weighted by molar-refractivity contribution is 0.226. The summed E-state index contributed by atoms with van der Waals surface area (Å²) in [7, 11) is 1.35. The normalized spacial score (nSPS) is 10.8. The molecule has 1 rings (SSSR count). The third kappa shape index (κ3) is 1.64. The molecule has 0 atom stereocenters. The maximum atomic E-state index is 11.4. The summed E-state index contributed by atoms with van der Waals surface area (Å²) >= 11 is 0. The fraction of sp³-hybridized carbons (Fsp3) is 0.714. The highest BCUT2D eigenvalue weighted by Crippen LogP contribution is 1.80.